The number of anilines is 1. The molecule has 0 saturated heterocycles. The van der Waals surface area contributed by atoms with E-state index in [2.05, 4.69) is 24.5 Å². The van der Waals surface area contributed by atoms with E-state index >= 15 is 0 Å². The Bertz CT molecular complexity index is 779. The van der Waals surface area contributed by atoms with E-state index in [-0.39, 0.29) is 17.7 Å². The lowest BCUT2D eigenvalue weighted by atomic mass is 10.1. The maximum atomic E-state index is 12.2. The minimum atomic E-state index is -0.108. The average molecular weight is 387 g/mol. The molecule has 0 atom stereocenters. The Morgan fingerprint density at radius 1 is 1.15 bits per heavy atom. The molecule has 1 aliphatic rings. The monoisotopic (exact) mass is 386 g/mol. The van der Waals surface area contributed by atoms with Crippen molar-refractivity contribution in [2.45, 2.75) is 33.1 Å². The number of carbonyl (C=O) groups is 2. The van der Waals surface area contributed by atoms with Crippen molar-refractivity contribution < 1.29 is 14.3 Å². The van der Waals surface area contributed by atoms with E-state index in [4.69, 9.17) is 4.74 Å². The third kappa shape index (κ3) is 6.10. The minimum absolute atomic E-state index is 0.0598. The van der Waals surface area contributed by atoms with Crippen LogP contribution in [0, 0.1) is 11.8 Å². The number of carbonyl (C=O) groups excluding carboxylic acids is 2. The van der Waals surface area contributed by atoms with Crippen LogP contribution in [0.5, 0.6) is 5.75 Å². The van der Waals surface area contributed by atoms with Gasteiger partial charge in [0.25, 0.3) is 5.91 Å². The summed E-state index contributed by atoms with van der Waals surface area (Å²) in [5, 5.41) is 6.53. The second-order valence-corrected chi connectivity index (χ2v) is 8.37. The third-order valence-corrected chi connectivity index (χ3v) is 5.23. The van der Waals surface area contributed by atoms with Gasteiger partial charge in [0.15, 0.2) is 0 Å². The van der Waals surface area contributed by atoms with E-state index in [9.17, 15) is 9.59 Å². The third-order valence-electron chi connectivity index (χ3n) is 4.23. The van der Waals surface area contributed by atoms with Crippen molar-refractivity contribution in [1.29, 1.82) is 0 Å². The summed E-state index contributed by atoms with van der Waals surface area (Å²) < 4.78 is 5.67. The van der Waals surface area contributed by atoms with Crippen molar-refractivity contribution in [3.8, 4) is 5.75 Å². The highest BCUT2D eigenvalue weighted by Gasteiger charge is 2.29. The lowest BCUT2D eigenvalue weighted by molar-refractivity contribution is -0.117. The number of ether oxygens (including phenoxy) is 1. The lowest BCUT2D eigenvalue weighted by Crippen LogP contribution is -2.24. The van der Waals surface area contributed by atoms with Gasteiger partial charge >= 0.3 is 0 Å². The Kier molecular flexibility index (Phi) is 6.50. The normalized spacial score (nSPS) is 13.4. The highest BCUT2D eigenvalue weighted by Crippen LogP contribution is 2.31. The van der Waals surface area contributed by atoms with E-state index in [0.717, 1.165) is 35.6 Å². The van der Waals surface area contributed by atoms with Crippen molar-refractivity contribution in [2.75, 3.05) is 18.5 Å². The Labute approximate surface area is 164 Å². The largest absolute Gasteiger partial charge is 0.493 e. The van der Waals surface area contributed by atoms with E-state index in [1.54, 1.807) is 12.1 Å². The molecule has 2 N–H and O–H groups in total. The Balaban J connectivity index is 1.41. The van der Waals surface area contributed by atoms with E-state index in [0.29, 0.717) is 23.9 Å². The van der Waals surface area contributed by atoms with E-state index in [1.807, 2.05) is 24.3 Å². The van der Waals surface area contributed by atoms with E-state index in [1.165, 1.54) is 11.3 Å². The van der Waals surface area contributed by atoms with Gasteiger partial charge in [-0.3, -0.25) is 9.59 Å². The summed E-state index contributed by atoms with van der Waals surface area (Å²) in [6, 6.07) is 11.5. The molecule has 0 radical (unpaired) electrons. The van der Waals surface area contributed by atoms with Gasteiger partial charge in [-0.1, -0.05) is 26.0 Å². The first-order valence-electron chi connectivity index (χ1n) is 9.42. The first kappa shape index (κ1) is 19.4. The van der Waals surface area contributed by atoms with Gasteiger partial charge in [0, 0.05) is 12.5 Å². The van der Waals surface area contributed by atoms with Gasteiger partial charge in [-0.2, -0.15) is 0 Å². The highest BCUT2D eigenvalue weighted by molar-refractivity contribution is 7.18. The standard InChI is InChI=1S/C21H26N2O3S/c1-14(2)13-26-17-7-3-15(4-8-17)11-12-22-21(25)18-9-10-19(27-18)23-20(24)16-5-6-16/h3-4,7-10,14,16H,5-6,11-13H2,1-2H3,(H,22,25)(H,23,24). The molecule has 0 aliphatic heterocycles. The number of thiophene rings is 1. The van der Waals surface area contributed by atoms with Crippen LogP contribution in [0.3, 0.4) is 0 Å². The molecular weight excluding hydrogens is 360 g/mol. The van der Waals surface area contributed by atoms with E-state index < -0.39 is 0 Å². The van der Waals surface area contributed by atoms with Gasteiger partial charge in [0.05, 0.1) is 16.5 Å². The number of benzene rings is 1. The summed E-state index contributed by atoms with van der Waals surface area (Å²) in [7, 11) is 0. The van der Waals surface area contributed by atoms with Gasteiger partial charge < -0.3 is 15.4 Å². The van der Waals surface area contributed by atoms with Crippen molar-refractivity contribution in [1.82, 2.24) is 5.32 Å². The summed E-state index contributed by atoms with van der Waals surface area (Å²) in [6.45, 7) is 5.51. The second kappa shape index (κ2) is 9.04. The molecule has 5 nitrogen and oxygen atoms in total. The zero-order valence-electron chi connectivity index (χ0n) is 15.8. The number of hydrogen-bond donors (Lipinski definition) is 2. The number of rotatable bonds is 9. The molecular formula is C21H26N2O3S. The molecule has 0 spiro atoms. The van der Waals surface area contributed by atoms with Crippen molar-refractivity contribution in [2.24, 2.45) is 11.8 Å². The van der Waals surface area contributed by atoms with Crippen LogP contribution in [0.25, 0.3) is 0 Å². The predicted octanol–water partition coefficient (Wildman–Crippen LogP) is 4.10. The molecule has 1 aliphatic carbocycles. The summed E-state index contributed by atoms with van der Waals surface area (Å²) in [5.74, 6) is 1.48. The zero-order valence-corrected chi connectivity index (χ0v) is 16.6. The SMILES string of the molecule is CC(C)COc1ccc(CCNC(=O)c2ccc(NC(=O)C3CC3)s2)cc1. The highest BCUT2D eigenvalue weighted by atomic mass is 32.1. The number of nitrogens with one attached hydrogen (secondary N) is 2. The molecule has 1 aromatic carbocycles. The number of amides is 2. The molecule has 2 amide bonds. The Morgan fingerprint density at radius 2 is 1.89 bits per heavy atom. The average Bonchev–Trinajstić information content (AvgIpc) is 3.40. The van der Waals surface area contributed by atoms with Gasteiger partial charge in [0.2, 0.25) is 5.91 Å². The Morgan fingerprint density at radius 3 is 2.56 bits per heavy atom. The number of hydrogen-bond acceptors (Lipinski definition) is 4. The summed E-state index contributed by atoms with van der Waals surface area (Å²) in [5.41, 5.74) is 1.15. The molecule has 6 heteroatoms. The van der Waals surface area contributed by atoms with Crippen molar-refractivity contribution in [3.05, 3.63) is 46.8 Å². The first-order valence-corrected chi connectivity index (χ1v) is 10.2. The summed E-state index contributed by atoms with van der Waals surface area (Å²) in [4.78, 5) is 24.6. The van der Waals surface area contributed by atoms with Crippen LogP contribution in [-0.2, 0) is 11.2 Å². The maximum absolute atomic E-state index is 12.2. The molecule has 27 heavy (non-hydrogen) atoms. The molecule has 0 bridgehead atoms. The van der Waals surface area contributed by atoms with Crippen molar-refractivity contribution in [3.63, 3.8) is 0 Å². The molecule has 1 saturated carbocycles. The van der Waals surface area contributed by atoms with Gasteiger partial charge in [-0.05, 0) is 55.0 Å². The lowest BCUT2D eigenvalue weighted by Gasteiger charge is -2.09. The molecule has 1 fully saturated rings. The minimum Gasteiger partial charge on any atom is -0.493 e. The van der Waals surface area contributed by atoms with Crippen LogP contribution in [0.1, 0.15) is 41.9 Å². The molecule has 2 aromatic rings. The quantitative estimate of drug-likeness (QED) is 0.682. The molecule has 1 aromatic heterocycles. The summed E-state index contributed by atoms with van der Waals surface area (Å²) >= 11 is 1.31. The fourth-order valence-electron chi connectivity index (χ4n) is 2.52. The second-order valence-electron chi connectivity index (χ2n) is 7.28. The van der Waals surface area contributed by atoms with Crippen LogP contribution in [0.2, 0.25) is 0 Å². The smallest absolute Gasteiger partial charge is 0.261 e. The fraction of sp³-hybridized carbons (Fsp3) is 0.429. The van der Waals surface area contributed by atoms with Crippen LogP contribution in [-0.4, -0.2) is 25.0 Å². The fourth-order valence-corrected chi connectivity index (χ4v) is 3.34. The first-order chi connectivity index (χ1) is 13.0. The predicted molar refractivity (Wildman–Crippen MR) is 108 cm³/mol. The summed E-state index contributed by atoms with van der Waals surface area (Å²) in [6.07, 6.45) is 2.69. The van der Waals surface area contributed by atoms with Crippen LogP contribution >= 0.6 is 11.3 Å². The van der Waals surface area contributed by atoms with Crippen LogP contribution in [0.15, 0.2) is 36.4 Å². The molecule has 144 valence electrons. The molecule has 1 heterocycles. The van der Waals surface area contributed by atoms with Crippen molar-refractivity contribution >= 4 is 28.2 Å². The van der Waals surface area contributed by atoms with Gasteiger partial charge in [-0.25, -0.2) is 0 Å². The van der Waals surface area contributed by atoms with Crippen LogP contribution < -0.4 is 15.4 Å². The van der Waals surface area contributed by atoms with Gasteiger partial charge in [0.1, 0.15) is 5.75 Å². The molecule has 3 rings (SSSR count). The van der Waals surface area contributed by atoms with Crippen LogP contribution in [0.4, 0.5) is 5.00 Å². The topological polar surface area (TPSA) is 67.4 Å². The Hall–Kier alpha value is -2.34. The van der Waals surface area contributed by atoms with Gasteiger partial charge in [-0.15, -0.1) is 11.3 Å². The maximum Gasteiger partial charge on any atom is 0.261 e. The molecule has 0 unspecified atom stereocenters. The zero-order chi connectivity index (χ0) is 19.2.